The van der Waals surface area contributed by atoms with Crippen molar-refractivity contribution >= 4 is 5.97 Å². The normalized spacial score (nSPS) is 29.3. The van der Waals surface area contributed by atoms with Gasteiger partial charge in [-0.15, -0.1) is 0 Å². The molecule has 2 N–H and O–H groups in total. The second-order valence-corrected chi connectivity index (χ2v) is 7.66. The van der Waals surface area contributed by atoms with E-state index in [-0.39, 0.29) is 5.41 Å². The van der Waals surface area contributed by atoms with E-state index in [9.17, 15) is 9.90 Å². The molecule has 3 heteroatoms. The van der Waals surface area contributed by atoms with E-state index in [1.807, 2.05) is 0 Å². The number of nitrogens with one attached hydrogen (secondary N) is 1. The number of carboxylic acid groups (broad SMARTS) is 1. The van der Waals surface area contributed by atoms with Gasteiger partial charge in [0.25, 0.3) is 0 Å². The van der Waals surface area contributed by atoms with Crippen LogP contribution in [0.15, 0.2) is 0 Å². The molecule has 3 nitrogen and oxygen atoms in total. The molecule has 2 unspecified atom stereocenters. The summed E-state index contributed by atoms with van der Waals surface area (Å²) in [4.78, 5) is 11.7. The van der Waals surface area contributed by atoms with Crippen LogP contribution in [0, 0.1) is 17.3 Å². The Morgan fingerprint density at radius 3 is 2.42 bits per heavy atom. The first-order valence-electron chi connectivity index (χ1n) is 7.66. The van der Waals surface area contributed by atoms with E-state index in [4.69, 9.17) is 0 Å². The van der Waals surface area contributed by atoms with Gasteiger partial charge in [0.1, 0.15) is 5.54 Å². The SMILES string of the molecule is CC(C)CNC1(C(=O)O)CCCC(C(C)(C)C)CC1. The van der Waals surface area contributed by atoms with Crippen LogP contribution in [-0.2, 0) is 4.79 Å². The van der Waals surface area contributed by atoms with Crippen LogP contribution in [0.2, 0.25) is 0 Å². The second-order valence-electron chi connectivity index (χ2n) is 7.66. The number of aliphatic carboxylic acids is 1. The van der Waals surface area contributed by atoms with E-state index in [0.717, 1.165) is 38.6 Å². The Bertz CT molecular complexity index is 306. The lowest BCUT2D eigenvalue weighted by Gasteiger charge is -2.32. The maximum atomic E-state index is 11.7. The van der Waals surface area contributed by atoms with E-state index in [1.165, 1.54) is 0 Å². The summed E-state index contributed by atoms with van der Waals surface area (Å²) in [7, 11) is 0. The summed E-state index contributed by atoms with van der Waals surface area (Å²) in [6.45, 7) is 11.8. The molecule has 19 heavy (non-hydrogen) atoms. The summed E-state index contributed by atoms with van der Waals surface area (Å²) in [5.41, 5.74) is -0.406. The monoisotopic (exact) mass is 269 g/mol. The van der Waals surface area contributed by atoms with Crippen molar-refractivity contribution < 1.29 is 9.90 Å². The van der Waals surface area contributed by atoms with Crippen LogP contribution in [0.1, 0.15) is 66.7 Å². The van der Waals surface area contributed by atoms with Crippen LogP contribution in [0.25, 0.3) is 0 Å². The molecule has 1 rings (SSSR count). The molecular weight excluding hydrogens is 238 g/mol. The third kappa shape index (κ3) is 4.48. The quantitative estimate of drug-likeness (QED) is 0.765. The van der Waals surface area contributed by atoms with Crippen molar-refractivity contribution in [3.8, 4) is 0 Å². The topological polar surface area (TPSA) is 49.3 Å². The van der Waals surface area contributed by atoms with Crippen LogP contribution in [-0.4, -0.2) is 23.2 Å². The lowest BCUT2D eigenvalue weighted by atomic mass is 9.76. The van der Waals surface area contributed by atoms with Gasteiger partial charge in [-0.05, 0) is 49.5 Å². The van der Waals surface area contributed by atoms with Crippen molar-refractivity contribution in [1.82, 2.24) is 5.32 Å². The highest BCUT2D eigenvalue weighted by Crippen LogP contribution is 2.39. The lowest BCUT2D eigenvalue weighted by Crippen LogP contribution is -2.53. The minimum atomic E-state index is -0.690. The van der Waals surface area contributed by atoms with Crippen LogP contribution in [0.4, 0.5) is 0 Å². The fourth-order valence-corrected chi connectivity index (χ4v) is 3.07. The van der Waals surface area contributed by atoms with Gasteiger partial charge in [0.2, 0.25) is 0 Å². The summed E-state index contributed by atoms with van der Waals surface area (Å²) in [6.07, 6.45) is 4.71. The molecule has 1 aliphatic carbocycles. The van der Waals surface area contributed by atoms with Crippen molar-refractivity contribution in [3.05, 3.63) is 0 Å². The molecule has 0 spiro atoms. The fourth-order valence-electron chi connectivity index (χ4n) is 3.07. The Hall–Kier alpha value is -0.570. The first kappa shape index (κ1) is 16.5. The van der Waals surface area contributed by atoms with Crippen molar-refractivity contribution in [2.75, 3.05) is 6.54 Å². The Morgan fingerprint density at radius 2 is 1.95 bits per heavy atom. The zero-order valence-corrected chi connectivity index (χ0v) is 13.3. The number of rotatable bonds is 4. The third-order valence-electron chi connectivity index (χ3n) is 4.56. The Kier molecular flexibility index (Phi) is 5.43. The smallest absolute Gasteiger partial charge is 0.323 e. The molecule has 0 aromatic heterocycles. The maximum absolute atomic E-state index is 11.7. The summed E-state index contributed by atoms with van der Waals surface area (Å²) in [5.74, 6) is 0.454. The van der Waals surface area contributed by atoms with E-state index >= 15 is 0 Å². The molecule has 112 valence electrons. The minimum Gasteiger partial charge on any atom is -0.480 e. The average Bonchev–Trinajstić information content (AvgIpc) is 2.48. The van der Waals surface area contributed by atoms with E-state index in [0.29, 0.717) is 11.8 Å². The zero-order valence-electron chi connectivity index (χ0n) is 13.3. The molecule has 2 atom stereocenters. The molecule has 1 fully saturated rings. The van der Waals surface area contributed by atoms with Crippen LogP contribution < -0.4 is 5.32 Å². The van der Waals surface area contributed by atoms with Gasteiger partial charge in [-0.25, -0.2) is 0 Å². The molecule has 0 radical (unpaired) electrons. The van der Waals surface area contributed by atoms with E-state index in [2.05, 4.69) is 39.9 Å². The van der Waals surface area contributed by atoms with Gasteiger partial charge >= 0.3 is 5.97 Å². The van der Waals surface area contributed by atoms with Crippen LogP contribution >= 0.6 is 0 Å². The van der Waals surface area contributed by atoms with Crippen molar-refractivity contribution in [3.63, 3.8) is 0 Å². The highest BCUT2D eigenvalue weighted by molar-refractivity contribution is 5.78. The van der Waals surface area contributed by atoms with E-state index in [1.54, 1.807) is 0 Å². The van der Waals surface area contributed by atoms with Crippen molar-refractivity contribution in [2.45, 2.75) is 72.3 Å². The fraction of sp³-hybridized carbons (Fsp3) is 0.938. The average molecular weight is 269 g/mol. The van der Waals surface area contributed by atoms with Gasteiger partial charge in [0.15, 0.2) is 0 Å². The number of carboxylic acids is 1. The lowest BCUT2D eigenvalue weighted by molar-refractivity contribution is -0.145. The van der Waals surface area contributed by atoms with Crippen molar-refractivity contribution in [1.29, 1.82) is 0 Å². The standard InChI is InChI=1S/C16H31NO2/c1-12(2)11-17-16(14(18)19)9-6-7-13(8-10-16)15(3,4)5/h12-13,17H,6-11H2,1-5H3,(H,18,19). The molecule has 0 aromatic rings. The first-order valence-corrected chi connectivity index (χ1v) is 7.66. The van der Waals surface area contributed by atoms with Crippen LogP contribution in [0.3, 0.4) is 0 Å². The number of carbonyl (C=O) groups is 1. The summed E-state index contributed by atoms with van der Waals surface area (Å²) in [6, 6.07) is 0. The maximum Gasteiger partial charge on any atom is 0.323 e. The van der Waals surface area contributed by atoms with Gasteiger partial charge < -0.3 is 10.4 Å². The molecule has 0 aliphatic heterocycles. The molecular formula is C16H31NO2. The molecule has 1 aliphatic rings. The van der Waals surface area contributed by atoms with Gasteiger partial charge in [-0.3, -0.25) is 4.79 Å². The van der Waals surface area contributed by atoms with Gasteiger partial charge in [0.05, 0.1) is 0 Å². The molecule has 0 aromatic carbocycles. The summed E-state index contributed by atoms with van der Waals surface area (Å²) >= 11 is 0. The van der Waals surface area contributed by atoms with Gasteiger partial charge in [-0.2, -0.15) is 0 Å². The largest absolute Gasteiger partial charge is 0.480 e. The highest BCUT2D eigenvalue weighted by Gasteiger charge is 2.41. The Balaban J connectivity index is 2.76. The molecule has 0 amide bonds. The third-order valence-corrected chi connectivity index (χ3v) is 4.56. The molecule has 0 heterocycles. The molecule has 1 saturated carbocycles. The number of hydrogen-bond donors (Lipinski definition) is 2. The summed E-state index contributed by atoms with van der Waals surface area (Å²) < 4.78 is 0. The molecule has 0 bridgehead atoms. The highest BCUT2D eigenvalue weighted by atomic mass is 16.4. The minimum absolute atomic E-state index is 0.284. The molecule has 0 saturated heterocycles. The van der Waals surface area contributed by atoms with Crippen molar-refractivity contribution in [2.24, 2.45) is 17.3 Å². The van der Waals surface area contributed by atoms with Gasteiger partial charge in [-0.1, -0.05) is 41.0 Å². The first-order chi connectivity index (χ1) is 8.67. The second kappa shape index (κ2) is 6.25. The number of hydrogen-bond acceptors (Lipinski definition) is 2. The van der Waals surface area contributed by atoms with E-state index < -0.39 is 11.5 Å². The predicted octanol–water partition coefficient (Wildman–Crippen LogP) is 3.68. The Morgan fingerprint density at radius 1 is 1.32 bits per heavy atom. The predicted molar refractivity (Wildman–Crippen MR) is 79.2 cm³/mol. The van der Waals surface area contributed by atoms with Crippen LogP contribution in [0.5, 0.6) is 0 Å². The van der Waals surface area contributed by atoms with Gasteiger partial charge in [0, 0.05) is 0 Å². The zero-order chi connectivity index (χ0) is 14.7. The Labute approximate surface area is 118 Å². The summed E-state index contributed by atoms with van der Waals surface area (Å²) in [5, 5.41) is 13.0.